The molecule has 1 aromatic carbocycles. The fraction of sp³-hybridized carbons (Fsp3) is 0.278. The Morgan fingerprint density at radius 1 is 1.31 bits per heavy atom. The molecule has 0 N–H and O–H groups in total. The maximum atomic E-state index is 13.2. The summed E-state index contributed by atoms with van der Waals surface area (Å²) in [6, 6.07) is 7.93. The molecule has 1 aliphatic rings. The highest BCUT2D eigenvalue weighted by molar-refractivity contribution is 7.10. The fourth-order valence-corrected chi connectivity index (χ4v) is 4.78. The van der Waals surface area contributed by atoms with Gasteiger partial charge >= 0.3 is 6.18 Å². The third-order valence-electron chi connectivity index (χ3n) is 4.75. The van der Waals surface area contributed by atoms with Crippen molar-refractivity contribution < 1.29 is 13.2 Å². The van der Waals surface area contributed by atoms with Gasteiger partial charge in [-0.2, -0.15) is 13.2 Å². The number of nitrogens with zero attached hydrogens (tertiary/aromatic N) is 2. The Hall–Kier alpha value is -1.99. The van der Waals surface area contributed by atoms with Crippen molar-refractivity contribution in [1.29, 1.82) is 0 Å². The summed E-state index contributed by atoms with van der Waals surface area (Å²) in [6.45, 7) is -1.03. The molecule has 1 unspecified atom stereocenters. The lowest BCUT2D eigenvalue weighted by atomic mass is 10.0. The molecule has 0 amide bonds. The first-order valence-corrected chi connectivity index (χ1v) is 9.20. The molecule has 3 heterocycles. The summed E-state index contributed by atoms with van der Waals surface area (Å²) in [6.07, 6.45) is -3.90. The van der Waals surface area contributed by atoms with Crippen LogP contribution >= 0.6 is 22.9 Å². The molecule has 0 saturated heterocycles. The maximum Gasteiger partial charge on any atom is 0.405 e. The van der Waals surface area contributed by atoms with E-state index in [1.54, 1.807) is 19.2 Å². The van der Waals surface area contributed by atoms with Crippen LogP contribution in [0.25, 0.3) is 10.9 Å². The molecule has 8 heteroatoms. The van der Waals surface area contributed by atoms with Crippen LogP contribution in [0, 0.1) is 0 Å². The molecule has 0 bridgehead atoms. The molecule has 3 aromatic rings. The molecule has 136 valence electrons. The van der Waals surface area contributed by atoms with E-state index in [2.05, 4.69) is 0 Å². The minimum absolute atomic E-state index is 0.248. The number of anilines is 1. The lowest BCUT2D eigenvalue weighted by molar-refractivity contribution is -0.120. The molecule has 0 spiro atoms. The van der Waals surface area contributed by atoms with Gasteiger partial charge in [0.25, 0.3) is 5.56 Å². The summed E-state index contributed by atoms with van der Waals surface area (Å²) in [5, 5.41) is 2.79. The van der Waals surface area contributed by atoms with E-state index in [1.807, 2.05) is 17.5 Å². The number of halogens is 4. The number of pyridine rings is 1. The van der Waals surface area contributed by atoms with Crippen molar-refractivity contribution in [2.45, 2.75) is 18.6 Å². The highest BCUT2D eigenvalue weighted by atomic mass is 35.5. The average molecular weight is 399 g/mol. The van der Waals surface area contributed by atoms with Crippen LogP contribution < -0.4 is 10.5 Å². The third-order valence-corrected chi connectivity index (χ3v) is 6.02. The monoisotopic (exact) mass is 398 g/mol. The lowest BCUT2D eigenvalue weighted by Crippen LogP contribution is -2.34. The van der Waals surface area contributed by atoms with Crippen LogP contribution in [0.4, 0.5) is 18.9 Å². The van der Waals surface area contributed by atoms with Gasteiger partial charge in [0, 0.05) is 35.5 Å². The van der Waals surface area contributed by atoms with Gasteiger partial charge in [0.05, 0.1) is 16.6 Å². The van der Waals surface area contributed by atoms with Crippen LogP contribution in [0.15, 0.2) is 40.5 Å². The van der Waals surface area contributed by atoms with E-state index in [4.69, 9.17) is 11.6 Å². The van der Waals surface area contributed by atoms with Gasteiger partial charge < -0.3 is 9.47 Å². The Bertz CT molecular complexity index is 1040. The molecular weight excluding hydrogens is 385 g/mol. The number of rotatable bonds is 2. The molecule has 0 saturated carbocycles. The van der Waals surface area contributed by atoms with E-state index in [-0.39, 0.29) is 10.6 Å². The van der Waals surface area contributed by atoms with Gasteiger partial charge in [0.15, 0.2) is 0 Å². The normalized spacial score (nSPS) is 17.1. The molecule has 0 aliphatic carbocycles. The molecule has 26 heavy (non-hydrogen) atoms. The van der Waals surface area contributed by atoms with Gasteiger partial charge in [-0.3, -0.25) is 4.79 Å². The molecule has 1 aliphatic heterocycles. The minimum atomic E-state index is -4.32. The van der Waals surface area contributed by atoms with Gasteiger partial charge in [-0.15, -0.1) is 11.3 Å². The van der Waals surface area contributed by atoms with Gasteiger partial charge in [-0.05, 0) is 29.1 Å². The second-order valence-corrected chi connectivity index (χ2v) is 7.71. The van der Waals surface area contributed by atoms with Crippen molar-refractivity contribution in [3.63, 3.8) is 0 Å². The van der Waals surface area contributed by atoms with Gasteiger partial charge in [0.2, 0.25) is 0 Å². The van der Waals surface area contributed by atoms with Crippen LogP contribution in [0.5, 0.6) is 0 Å². The number of alkyl halides is 3. The number of benzene rings is 1. The Morgan fingerprint density at radius 3 is 2.73 bits per heavy atom. The minimum Gasteiger partial charge on any atom is -0.354 e. The van der Waals surface area contributed by atoms with Crippen LogP contribution in [0.2, 0.25) is 5.02 Å². The van der Waals surface area contributed by atoms with Crippen molar-refractivity contribution in [3.05, 3.63) is 61.5 Å². The molecule has 0 radical (unpaired) electrons. The SMILES string of the molecule is Cn1c(=O)cc(Cl)c2c3c(ccc21)N(CC(F)(F)F)C(c1cccs1)C3. The Balaban J connectivity index is 1.95. The van der Waals surface area contributed by atoms with Gasteiger partial charge in [0.1, 0.15) is 6.54 Å². The number of aryl methyl sites for hydroxylation is 1. The Morgan fingerprint density at radius 2 is 2.08 bits per heavy atom. The summed E-state index contributed by atoms with van der Waals surface area (Å²) < 4.78 is 41.1. The first-order chi connectivity index (χ1) is 12.3. The summed E-state index contributed by atoms with van der Waals surface area (Å²) in [7, 11) is 1.63. The first kappa shape index (κ1) is 17.4. The highest BCUT2D eigenvalue weighted by Gasteiger charge is 2.40. The van der Waals surface area contributed by atoms with Gasteiger partial charge in [-0.1, -0.05) is 17.7 Å². The highest BCUT2D eigenvalue weighted by Crippen LogP contribution is 2.46. The van der Waals surface area contributed by atoms with Crippen molar-refractivity contribution in [2.24, 2.45) is 7.05 Å². The zero-order valence-corrected chi connectivity index (χ0v) is 15.3. The van der Waals surface area contributed by atoms with E-state index < -0.39 is 18.8 Å². The number of thiophene rings is 1. The number of hydrogen-bond donors (Lipinski definition) is 0. The van der Waals surface area contributed by atoms with E-state index >= 15 is 0 Å². The summed E-state index contributed by atoms with van der Waals surface area (Å²) in [5.41, 5.74) is 1.65. The predicted octanol–water partition coefficient (Wildman–Crippen LogP) is 4.92. The van der Waals surface area contributed by atoms with Crippen LogP contribution in [-0.2, 0) is 13.5 Å². The number of aromatic nitrogens is 1. The predicted molar refractivity (Wildman–Crippen MR) is 98.4 cm³/mol. The van der Waals surface area contributed by atoms with Crippen LogP contribution in [-0.4, -0.2) is 17.3 Å². The van der Waals surface area contributed by atoms with Crippen molar-refractivity contribution in [2.75, 3.05) is 11.4 Å². The zero-order valence-electron chi connectivity index (χ0n) is 13.7. The Labute approximate surface area is 156 Å². The van der Waals surface area contributed by atoms with Crippen LogP contribution in [0.1, 0.15) is 16.5 Å². The first-order valence-electron chi connectivity index (χ1n) is 7.94. The van der Waals surface area contributed by atoms with E-state index in [1.165, 1.54) is 26.9 Å². The standard InChI is InChI=1S/C18H14ClF3N2OS/c1-23-13-5-4-12-10(17(13)11(19)8-16(23)25)7-14(15-3-2-6-26-15)24(12)9-18(20,21)22/h2-6,8,14H,7,9H2,1H3. The second-order valence-electron chi connectivity index (χ2n) is 6.33. The number of hydrogen-bond acceptors (Lipinski definition) is 3. The number of fused-ring (bicyclic) bond motifs is 3. The molecule has 1 atom stereocenters. The lowest BCUT2D eigenvalue weighted by Gasteiger charge is -2.28. The summed E-state index contributed by atoms with van der Waals surface area (Å²) >= 11 is 7.76. The van der Waals surface area contributed by atoms with Crippen molar-refractivity contribution in [1.82, 2.24) is 4.57 Å². The molecule has 0 fully saturated rings. The zero-order chi connectivity index (χ0) is 18.6. The smallest absolute Gasteiger partial charge is 0.354 e. The van der Waals surface area contributed by atoms with E-state index in [0.717, 1.165) is 10.4 Å². The molecule has 4 rings (SSSR count). The topological polar surface area (TPSA) is 25.2 Å². The van der Waals surface area contributed by atoms with Crippen molar-refractivity contribution >= 4 is 39.5 Å². The second kappa shape index (κ2) is 6.03. The molecule has 2 aromatic heterocycles. The van der Waals surface area contributed by atoms with E-state index in [9.17, 15) is 18.0 Å². The van der Waals surface area contributed by atoms with Crippen molar-refractivity contribution in [3.8, 4) is 0 Å². The van der Waals surface area contributed by atoms with E-state index in [0.29, 0.717) is 23.0 Å². The van der Waals surface area contributed by atoms with Gasteiger partial charge in [-0.25, -0.2) is 0 Å². The Kier molecular flexibility index (Phi) is 4.04. The summed E-state index contributed by atoms with van der Waals surface area (Å²) in [5.74, 6) is 0. The average Bonchev–Trinajstić information content (AvgIpc) is 3.18. The third kappa shape index (κ3) is 2.79. The largest absolute Gasteiger partial charge is 0.405 e. The van der Waals surface area contributed by atoms with Crippen LogP contribution in [0.3, 0.4) is 0 Å². The quantitative estimate of drug-likeness (QED) is 0.612. The summed E-state index contributed by atoms with van der Waals surface area (Å²) in [4.78, 5) is 14.2. The maximum absolute atomic E-state index is 13.2. The molecular formula is C18H14ClF3N2OS. The fourth-order valence-electron chi connectivity index (χ4n) is 3.64. The molecule has 3 nitrogen and oxygen atoms in total.